The first-order valence-corrected chi connectivity index (χ1v) is 11.3. The molecule has 0 bridgehead atoms. The highest BCUT2D eigenvalue weighted by Gasteiger charge is 2.23. The van der Waals surface area contributed by atoms with Crippen molar-refractivity contribution in [3.05, 3.63) is 41.8 Å². The Morgan fingerprint density at radius 2 is 1.55 bits per heavy atom. The Hall–Kier alpha value is -2.09. The molecule has 152 valence electrons. The van der Waals surface area contributed by atoms with Gasteiger partial charge in [-0.3, -0.25) is 4.90 Å². The fourth-order valence-corrected chi connectivity index (χ4v) is 5.32. The Kier molecular flexibility index (Phi) is 5.44. The second kappa shape index (κ2) is 8.34. The van der Waals surface area contributed by atoms with Crippen LogP contribution in [0.2, 0.25) is 0 Å². The van der Waals surface area contributed by atoms with Crippen molar-refractivity contribution in [1.29, 1.82) is 0 Å². The van der Waals surface area contributed by atoms with Gasteiger partial charge in [-0.25, -0.2) is 14.4 Å². The van der Waals surface area contributed by atoms with E-state index in [1.807, 2.05) is 12.1 Å². The van der Waals surface area contributed by atoms with Gasteiger partial charge >= 0.3 is 0 Å². The van der Waals surface area contributed by atoms with Crippen LogP contribution in [0.5, 0.6) is 0 Å². The molecule has 7 heteroatoms. The highest BCUT2D eigenvalue weighted by Crippen LogP contribution is 2.38. The molecule has 2 aliphatic rings. The Labute approximate surface area is 174 Å². The average molecular weight is 412 g/mol. The van der Waals surface area contributed by atoms with Gasteiger partial charge in [0, 0.05) is 50.2 Å². The highest BCUT2D eigenvalue weighted by atomic mass is 32.1. The van der Waals surface area contributed by atoms with Gasteiger partial charge in [0.25, 0.3) is 0 Å². The molecule has 2 saturated heterocycles. The van der Waals surface area contributed by atoms with Gasteiger partial charge in [-0.2, -0.15) is 0 Å². The van der Waals surface area contributed by atoms with E-state index >= 15 is 0 Å². The molecule has 0 amide bonds. The molecule has 2 fully saturated rings. The first kappa shape index (κ1) is 18.9. The quantitative estimate of drug-likeness (QED) is 0.640. The van der Waals surface area contributed by atoms with Crippen LogP contribution in [0.4, 0.5) is 10.2 Å². The number of benzene rings is 1. The first-order valence-electron chi connectivity index (χ1n) is 10.5. The molecule has 0 spiro atoms. The van der Waals surface area contributed by atoms with E-state index < -0.39 is 0 Å². The fraction of sp³-hybridized carbons (Fsp3) is 0.455. The minimum Gasteiger partial charge on any atom is -0.353 e. The molecule has 0 atom stereocenters. The number of piperazine rings is 1. The molecule has 1 aromatic carbocycles. The number of rotatable bonds is 5. The van der Waals surface area contributed by atoms with E-state index in [2.05, 4.69) is 30.0 Å². The second-order valence-electron chi connectivity index (χ2n) is 7.91. The lowest BCUT2D eigenvalue weighted by atomic mass is 10.1. The summed E-state index contributed by atoms with van der Waals surface area (Å²) in [4.78, 5) is 17.7. The van der Waals surface area contributed by atoms with Crippen molar-refractivity contribution < 1.29 is 4.39 Å². The summed E-state index contributed by atoms with van der Waals surface area (Å²) in [6, 6.07) is 6.71. The van der Waals surface area contributed by atoms with E-state index in [9.17, 15) is 4.39 Å². The second-order valence-corrected chi connectivity index (χ2v) is 8.77. The van der Waals surface area contributed by atoms with Gasteiger partial charge in [0.15, 0.2) is 0 Å². The van der Waals surface area contributed by atoms with Crippen molar-refractivity contribution in [2.45, 2.75) is 12.8 Å². The van der Waals surface area contributed by atoms with Crippen LogP contribution in [0.25, 0.3) is 21.3 Å². The number of nitrogens with zero attached hydrogens (tertiary/aromatic N) is 5. The van der Waals surface area contributed by atoms with E-state index in [4.69, 9.17) is 0 Å². The maximum atomic E-state index is 13.4. The molecule has 0 aliphatic carbocycles. The fourth-order valence-electron chi connectivity index (χ4n) is 4.41. The monoisotopic (exact) mass is 411 g/mol. The molecule has 4 heterocycles. The van der Waals surface area contributed by atoms with Gasteiger partial charge in [0.05, 0.1) is 5.39 Å². The van der Waals surface area contributed by atoms with Gasteiger partial charge in [0.1, 0.15) is 22.8 Å². The number of fused-ring (bicyclic) bond motifs is 1. The zero-order valence-electron chi connectivity index (χ0n) is 16.6. The number of likely N-dealkylation sites (tertiary alicyclic amines) is 1. The molecule has 29 heavy (non-hydrogen) atoms. The number of hydrogen-bond acceptors (Lipinski definition) is 6. The van der Waals surface area contributed by atoms with Crippen LogP contribution in [0.15, 0.2) is 36.0 Å². The van der Waals surface area contributed by atoms with Crippen molar-refractivity contribution in [2.75, 3.05) is 57.3 Å². The summed E-state index contributed by atoms with van der Waals surface area (Å²) in [7, 11) is 0. The third-order valence-corrected chi connectivity index (χ3v) is 6.99. The molecule has 5 rings (SSSR count). The predicted molar refractivity (Wildman–Crippen MR) is 117 cm³/mol. The first-order chi connectivity index (χ1) is 14.3. The van der Waals surface area contributed by atoms with E-state index in [-0.39, 0.29) is 5.82 Å². The molecule has 5 nitrogen and oxygen atoms in total. The van der Waals surface area contributed by atoms with Crippen molar-refractivity contribution >= 4 is 27.4 Å². The van der Waals surface area contributed by atoms with Crippen molar-refractivity contribution in [3.8, 4) is 11.1 Å². The highest BCUT2D eigenvalue weighted by molar-refractivity contribution is 7.17. The summed E-state index contributed by atoms with van der Waals surface area (Å²) in [6.45, 7) is 8.97. The molecule has 2 aliphatic heterocycles. The molecule has 0 unspecified atom stereocenters. The van der Waals surface area contributed by atoms with Crippen LogP contribution in [-0.2, 0) is 0 Å². The van der Waals surface area contributed by atoms with Crippen LogP contribution in [0.3, 0.4) is 0 Å². The maximum Gasteiger partial charge on any atom is 0.141 e. The average Bonchev–Trinajstić information content (AvgIpc) is 3.43. The molecular formula is C22H26FN5S. The topological polar surface area (TPSA) is 35.5 Å². The minimum absolute atomic E-state index is 0.213. The van der Waals surface area contributed by atoms with E-state index in [0.29, 0.717) is 0 Å². The lowest BCUT2D eigenvalue weighted by molar-refractivity contribution is 0.215. The van der Waals surface area contributed by atoms with Gasteiger partial charge in [0.2, 0.25) is 0 Å². The van der Waals surface area contributed by atoms with Crippen LogP contribution in [0, 0.1) is 5.82 Å². The SMILES string of the molecule is Fc1ccc(-c2csc3ncnc(N4CCN(CCN5CCCC5)CC4)c23)cc1. The number of aromatic nitrogens is 2. The van der Waals surface area contributed by atoms with Crippen molar-refractivity contribution in [3.63, 3.8) is 0 Å². The summed E-state index contributed by atoms with van der Waals surface area (Å²) in [5, 5.41) is 3.21. The van der Waals surface area contributed by atoms with Gasteiger partial charge in [-0.05, 0) is 43.6 Å². The van der Waals surface area contributed by atoms with Gasteiger partial charge in [-0.1, -0.05) is 12.1 Å². The van der Waals surface area contributed by atoms with Gasteiger partial charge < -0.3 is 9.80 Å². The molecule has 0 N–H and O–H groups in total. The number of hydrogen-bond donors (Lipinski definition) is 0. The van der Waals surface area contributed by atoms with Crippen LogP contribution >= 0.6 is 11.3 Å². The lowest BCUT2D eigenvalue weighted by Gasteiger charge is -2.36. The lowest BCUT2D eigenvalue weighted by Crippen LogP contribution is -2.48. The van der Waals surface area contributed by atoms with Crippen molar-refractivity contribution in [1.82, 2.24) is 19.8 Å². The summed E-state index contributed by atoms with van der Waals surface area (Å²) >= 11 is 1.63. The number of halogens is 1. The van der Waals surface area contributed by atoms with Crippen molar-refractivity contribution in [2.24, 2.45) is 0 Å². The van der Waals surface area contributed by atoms with Gasteiger partial charge in [-0.15, -0.1) is 11.3 Å². The maximum absolute atomic E-state index is 13.4. The molecule has 3 aromatic rings. The zero-order valence-corrected chi connectivity index (χ0v) is 17.4. The Morgan fingerprint density at radius 3 is 2.28 bits per heavy atom. The van der Waals surface area contributed by atoms with E-state index in [0.717, 1.165) is 59.9 Å². The Morgan fingerprint density at radius 1 is 0.862 bits per heavy atom. The van der Waals surface area contributed by atoms with Crippen LogP contribution < -0.4 is 4.90 Å². The normalized spacial score (nSPS) is 18.7. The third kappa shape index (κ3) is 3.99. The summed E-state index contributed by atoms with van der Waals surface area (Å²) in [5.74, 6) is 0.796. The minimum atomic E-state index is -0.213. The number of anilines is 1. The summed E-state index contributed by atoms with van der Waals surface area (Å²) in [6.07, 6.45) is 4.38. The zero-order chi connectivity index (χ0) is 19.6. The summed E-state index contributed by atoms with van der Waals surface area (Å²) < 4.78 is 13.4. The third-order valence-electron chi connectivity index (χ3n) is 6.11. The standard InChI is InChI=1S/C22H26FN5S/c23-18-5-3-17(4-6-18)19-15-29-22-20(19)21(24-16-25-22)28-13-11-27(12-14-28)10-9-26-7-1-2-8-26/h3-6,15-16H,1-2,7-14H2. The molecule has 0 saturated carbocycles. The molecular weight excluding hydrogens is 385 g/mol. The largest absolute Gasteiger partial charge is 0.353 e. The Bertz CT molecular complexity index is 959. The van der Waals surface area contributed by atoms with E-state index in [1.54, 1.807) is 17.7 Å². The van der Waals surface area contributed by atoms with Crippen LogP contribution in [-0.4, -0.2) is 72.1 Å². The smallest absolute Gasteiger partial charge is 0.141 e. The molecule has 2 aromatic heterocycles. The van der Waals surface area contributed by atoms with E-state index in [1.165, 1.54) is 44.6 Å². The van der Waals surface area contributed by atoms with Crippen LogP contribution in [0.1, 0.15) is 12.8 Å². The Balaban J connectivity index is 1.33. The predicted octanol–water partition coefficient (Wildman–Crippen LogP) is 3.72. The molecule has 0 radical (unpaired) electrons. The summed E-state index contributed by atoms with van der Waals surface area (Å²) in [5.41, 5.74) is 2.11. The number of thiophene rings is 1.